The van der Waals surface area contributed by atoms with Gasteiger partial charge in [0.05, 0.1) is 11.1 Å². The first-order valence-corrected chi connectivity index (χ1v) is 6.37. The van der Waals surface area contributed by atoms with Crippen molar-refractivity contribution in [3.05, 3.63) is 46.0 Å². The normalized spacial score (nSPS) is 13.9. The zero-order chi connectivity index (χ0) is 14.3. The highest BCUT2D eigenvalue weighted by Gasteiger charge is 2.34. The molecule has 1 aliphatic rings. The molecule has 0 spiro atoms. The quantitative estimate of drug-likeness (QED) is 0.487. The summed E-state index contributed by atoms with van der Waals surface area (Å²) in [5, 5.41) is 6.50. The number of fused-ring (bicyclic) bond motifs is 1. The number of hydrogen-bond acceptors (Lipinski definition) is 5. The maximum absolute atomic E-state index is 12.1. The Morgan fingerprint density at radius 2 is 1.80 bits per heavy atom. The largest absolute Gasteiger partial charge is 0.335 e. The number of nitrogen functional groups attached to an aromatic ring is 1. The van der Waals surface area contributed by atoms with E-state index >= 15 is 0 Å². The number of rotatable bonds is 3. The molecule has 0 radical (unpaired) electrons. The zero-order valence-electron chi connectivity index (χ0n) is 10.4. The SMILES string of the molecule is Nn1c(CCN2C(=O)c3ccccc3C2=O)n[nH]c1=S. The van der Waals surface area contributed by atoms with E-state index in [-0.39, 0.29) is 18.4 Å². The summed E-state index contributed by atoms with van der Waals surface area (Å²) in [6.45, 7) is 0.211. The van der Waals surface area contributed by atoms with Crippen molar-refractivity contribution in [1.29, 1.82) is 0 Å². The molecule has 0 aliphatic carbocycles. The molecule has 0 fully saturated rings. The predicted octanol–water partition coefficient (Wildman–Crippen LogP) is 0.493. The van der Waals surface area contributed by atoms with Gasteiger partial charge in [-0.3, -0.25) is 19.6 Å². The molecule has 2 aromatic rings. The number of aromatic amines is 1. The molecule has 1 aromatic heterocycles. The highest BCUT2D eigenvalue weighted by Crippen LogP contribution is 2.22. The van der Waals surface area contributed by atoms with Crippen LogP contribution in [0.3, 0.4) is 0 Å². The van der Waals surface area contributed by atoms with Crippen molar-refractivity contribution in [2.24, 2.45) is 0 Å². The Labute approximate surface area is 119 Å². The number of carbonyl (C=O) groups excluding carboxylic acids is 2. The van der Waals surface area contributed by atoms with Gasteiger partial charge >= 0.3 is 0 Å². The van der Waals surface area contributed by atoms with Crippen molar-refractivity contribution in [3.8, 4) is 0 Å². The standard InChI is InChI=1S/C12H11N5O2S/c13-17-9(14-15-12(17)20)5-6-16-10(18)7-3-1-2-4-8(7)11(16)19/h1-4H,5-6,13H2,(H,15,20). The van der Waals surface area contributed by atoms with Gasteiger partial charge in [0.25, 0.3) is 11.8 Å². The number of carbonyl (C=O) groups is 2. The molecule has 0 unspecified atom stereocenters. The summed E-state index contributed by atoms with van der Waals surface area (Å²) in [6.07, 6.45) is 0.342. The second kappa shape index (κ2) is 4.57. The maximum atomic E-state index is 12.1. The van der Waals surface area contributed by atoms with Crippen molar-refractivity contribution in [3.63, 3.8) is 0 Å². The first-order chi connectivity index (χ1) is 9.59. The van der Waals surface area contributed by atoms with Gasteiger partial charge in [-0.2, -0.15) is 5.10 Å². The molecular formula is C12H11N5O2S. The average Bonchev–Trinajstić information content (AvgIpc) is 2.90. The summed E-state index contributed by atoms with van der Waals surface area (Å²) in [5.74, 6) is 5.59. The molecule has 2 heterocycles. The van der Waals surface area contributed by atoms with Gasteiger partial charge in [0, 0.05) is 13.0 Å². The summed E-state index contributed by atoms with van der Waals surface area (Å²) in [7, 11) is 0. The number of nitrogens with zero attached hydrogens (tertiary/aromatic N) is 3. The first kappa shape index (κ1) is 12.5. The van der Waals surface area contributed by atoms with Crippen LogP contribution in [0.25, 0.3) is 0 Å². The zero-order valence-corrected chi connectivity index (χ0v) is 11.2. The molecule has 8 heteroatoms. The van der Waals surface area contributed by atoms with Crippen LogP contribution in [-0.4, -0.2) is 38.1 Å². The third kappa shape index (κ3) is 1.81. The molecule has 1 aliphatic heterocycles. The molecule has 0 saturated heterocycles. The molecule has 0 atom stereocenters. The van der Waals surface area contributed by atoms with E-state index in [2.05, 4.69) is 10.2 Å². The minimum absolute atomic E-state index is 0.211. The fraction of sp³-hybridized carbons (Fsp3) is 0.167. The minimum atomic E-state index is -0.289. The van der Waals surface area contributed by atoms with Crippen LogP contribution in [0, 0.1) is 4.77 Å². The van der Waals surface area contributed by atoms with Crippen LogP contribution in [0.4, 0.5) is 0 Å². The van der Waals surface area contributed by atoms with Crippen LogP contribution in [0.1, 0.15) is 26.5 Å². The molecule has 3 N–H and O–H groups in total. The summed E-state index contributed by atoms with van der Waals surface area (Å²) < 4.78 is 1.52. The number of amides is 2. The molecule has 7 nitrogen and oxygen atoms in total. The first-order valence-electron chi connectivity index (χ1n) is 5.96. The molecule has 20 heavy (non-hydrogen) atoms. The molecule has 1 aromatic carbocycles. The van der Waals surface area contributed by atoms with Crippen molar-refractivity contribution in [2.45, 2.75) is 6.42 Å². The Hall–Kier alpha value is -2.48. The number of nitrogens with two attached hydrogens (primary N) is 1. The monoisotopic (exact) mass is 289 g/mol. The van der Waals surface area contributed by atoms with Crippen molar-refractivity contribution in [2.75, 3.05) is 12.4 Å². The predicted molar refractivity (Wildman–Crippen MR) is 73.1 cm³/mol. The van der Waals surface area contributed by atoms with Crippen LogP contribution in [0.5, 0.6) is 0 Å². The van der Waals surface area contributed by atoms with Crippen LogP contribution >= 0.6 is 12.2 Å². The van der Waals surface area contributed by atoms with Gasteiger partial charge in [0.1, 0.15) is 0 Å². The van der Waals surface area contributed by atoms with Crippen molar-refractivity contribution < 1.29 is 9.59 Å². The van der Waals surface area contributed by atoms with E-state index in [0.717, 1.165) is 0 Å². The second-order valence-corrected chi connectivity index (χ2v) is 4.76. The van der Waals surface area contributed by atoms with E-state index in [1.54, 1.807) is 24.3 Å². The Balaban J connectivity index is 1.80. The smallest absolute Gasteiger partial charge is 0.261 e. The number of benzene rings is 1. The number of H-pyrrole nitrogens is 1. The molecule has 3 rings (SSSR count). The van der Waals surface area contributed by atoms with Gasteiger partial charge in [-0.1, -0.05) is 12.1 Å². The highest BCUT2D eigenvalue weighted by molar-refractivity contribution is 7.71. The van der Waals surface area contributed by atoms with Gasteiger partial charge in [-0.25, -0.2) is 4.68 Å². The van der Waals surface area contributed by atoms with E-state index in [9.17, 15) is 9.59 Å². The third-order valence-electron chi connectivity index (χ3n) is 3.21. The lowest BCUT2D eigenvalue weighted by molar-refractivity contribution is 0.0655. The summed E-state index contributed by atoms with van der Waals surface area (Å²) >= 11 is 4.90. The Morgan fingerprint density at radius 1 is 1.20 bits per heavy atom. The Morgan fingerprint density at radius 3 is 2.30 bits per heavy atom. The van der Waals surface area contributed by atoms with E-state index in [0.29, 0.717) is 28.1 Å². The summed E-state index contributed by atoms with van der Waals surface area (Å²) in [5.41, 5.74) is 0.869. The van der Waals surface area contributed by atoms with Gasteiger partial charge in [0.2, 0.25) is 4.77 Å². The molecule has 102 valence electrons. The van der Waals surface area contributed by atoms with Crippen LogP contribution in [0.15, 0.2) is 24.3 Å². The number of aromatic nitrogens is 3. The lowest BCUT2D eigenvalue weighted by atomic mass is 10.1. The summed E-state index contributed by atoms with van der Waals surface area (Å²) in [4.78, 5) is 25.5. The highest BCUT2D eigenvalue weighted by atomic mass is 32.1. The Kier molecular flexibility index (Phi) is 2.87. The number of nitrogens with one attached hydrogen (secondary N) is 1. The topological polar surface area (TPSA) is 97.0 Å². The minimum Gasteiger partial charge on any atom is -0.335 e. The molecule has 2 amide bonds. The van der Waals surface area contributed by atoms with Gasteiger partial charge in [-0.05, 0) is 24.4 Å². The fourth-order valence-electron chi connectivity index (χ4n) is 2.17. The van der Waals surface area contributed by atoms with Crippen LogP contribution in [0.2, 0.25) is 0 Å². The Bertz CT molecular complexity index is 728. The fourth-order valence-corrected chi connectivity index (χ4v) is 2.32. The average molecular weight is 289 g/mol. The van der Waals surface area contributed by atoms with E-state index in [4.69, 9.17) is 18.1 Å². The van der Waals surface area contributed by atoms with Gasteiger partial charge in [0.15, 0.2) is 5.82 Å². The van der Waals surface area contributed by atoms with E-state index < -0.39 is 0 Å². The molecule has 0 saturated carbocycles. The molecule has 0 bridgehead atoms. The third-order valence-corrected chi connectivity index (χ3v) is 3.50. The number of hydrogen-bond donors (Lipinski definition) is 2. The van der Waals surface area contributed by atoms with E-state index in [1.807, 2.05) is 0 Å². The second-order valence-electron chi connectivity index (χ2n) is 4.37. The van der Waals surface area contributed by atoms with Crippen LogP contribution in [-0.2, 0) is 6.42 Å². The lowest BCUT2D eigenvalue weighted by Crippen LogP contribution is -2.32. The van der Waals surface area contributed by atoms with Gasteiger partial charge in [-0.15, -0.1) is 0 Å². The summed E-state index contributed by atoms with van der Waals surface area (Å²) in [6, 6.07) is 6.76. The lowest BCUT2D eigenvalue weighted by Gasteiger charge is -2.12. The van der Waals surface area contributed by atoms with Crippen LogP contribution < -0.4 is 5.84 Å². The maximum Gasteiger partial charge on any atom is 0.261 e. The van der Waals surface area contributed by atoms with E-state index in [1.165, 1.54) is 9.58 Å². The van der Waals surface area contributed by atoms with Crippen molar-refractivity contribution >= 4 is 24.0 Å². The number of imide groups is 1. The van der Waals surface area contributed by atoms with Gasteiger partial charge < -0.3 is 5.84 Å². The molecular weight excluding hydrogens is 278 g/mol. The van der Waals surface area contributed by atoms with Crippen molar-refractivity contribution in [1.82, 2.24) is 19.8 Å².